The van der Waals surface area contributed by atoms with Crippen LogP contribution < -0.4 is 11.2 Å². The molecule has 1 aliphatic heterocycles. The number of ether oxygens (including phenoxy) is 1. The largest absolute Gasteiger partial charge is 0.352 e. The monoisotopic (exact) mass is 577 g/mol. The molecule has 1 aromatic heterocycles. The first-order valence-corrected chi connectivity index (χ1v) is 15.9. The van der Waals surface area contributed by atoms with Crippen LogP contribution in [0.5, 0.6) is 0 Å². The number of unbranched alkanes of at least 4 members (excludes halogenated alkanes) is 8. The minimum atomic E-state index is -1.53. The highest BCUT2D eigenvalue weighted by Crippen LogP contribution is 2.49. The van der Waals surface area contributed by atoms with Gasteiger partial charge in [-0.2, -0.15) is 5.26 Å². The van der Waals surface area contributed by atoms with Crippen LogP contribution >= 0.6 is 8.53 Å². The highest BCUT2D eigenvalue weighted by atomic mass is 31.2. The Bertz CT molecular complexity index is 1110. The van der Waals surface area contributed by atoms with Crippen LogP contribution in [0.15, 0.2) is 15.8 Å². The number of hydrogen-bond acceptors (Lipinski definition) is 7. The van der Waals surface area contributed by atoms with Crippen molar-refractivity contribution < 1.29 is 15.2 Å². The van der Waals surface area contributed by atoms with Crippen LogP contribution in [0.2, 0.25) is 0 Å². The second-order valence-electron chi connectivity index (χ2n) is 10.8. The molecule has 1 aromatic rings. The Labute approximate surface area is 243 Å². The zero-order chi connectivity index (χ0) is 30.2. The fourth-order valence-corrected chi connectivity index (χ4v) is 6.45. The van der Waals surface area contributed by atoms with E-state index in [1.807, 2.05) is 0 Å². The molecule has 2 heterocycles. The average Bonchev–Trinajstić information content (AvgIpc) is 3.32. The van der Waals surface area contributed by atoms with E-state index in [0.29, 0.717) is 12.8 Å². The van der Waals surface area contributed by atoms with Crippen molar-refractivity contribution in [1.82, 2.24) is 14.2 Å². The topological polar surface area (TPSA) is 110 Å². The molecule has 9 nitrogen and oxygen atoms in total. The number of nitrogens with one attached hydrogen (secondary N) is 1. The van der Waals surface area contributed by atoms with E-state index < -0.39 is 38.2 Å². The van der Waals surface area contributed by atoms with Gasteiger partial charge in [-0.05, 0) is 41.0 Å². The summed E-state index contributed by atoms with van der Waals surface area (Å²) in [6.07, 6.45) is 10.6. The molecule has 4 unspecified atom stereocenters. The number of nitrogens with zero attached hydrogens (tertiary/aromatic N) is 3. The van der Waals surface area contributed by atoms with Crippen LogP contribution in [0, 0.1) is 23.2 Å². The first-order valence-electron chi connectivity index (χ1n) is 15.5. The van der Waals surface area contributed by atoms with Gasteiger partial charge < -0.3 is 13.8 Å². The standard InChI is InChI=1S/C30H49N4O5P/c1-7-8-9-10-11-12-13-14-15-16-18-26-22-33(30(36)32-29(26)35)28-21-27(25(6)38-28)39-40(37-20-17-19-31)34(23(2)3)24(4)5/h22-25,27-28H,7-15,17,20-21H2,1-6H3,(H,32,35,36)/i6D. The van der Waals surface area contributed by atoms with E-state index in [1.54, 1.807) is 0 Å². The molecule has 0 saturated carbocycles. The van der Waals surface area contributed by atoms with Crippen molar-refractivity contribution in [3.05, 3.63) is 32.6 Å². The lowest BCUT2D eigenvalue weighted by atomic mass is 10.1. The SMILES string of the molecule is [2H]CC1OC(n2cc(C#CCCCCCCCCCC)c(=O)[nH]c2=O)CC1OP(OCCC#N)N(C(C)C)C(C)C. The van der Waals surface area contributed by atoms with E-state index in [1.165, 1.54) is 49.3 Å². The average molecular weight is 578 g/mol. The maximum Gasteiger partial charge on any atom is 0.330 e. The highest BCUT2D eigenvalue weighted by molar-refractivity contribution is 7.44. The summed E-state index contributed by atoms with van der Waals surface area (Å²) in [4.78, 5) is 27.5. The predicted molar refractivity (Wildman–Crippen MR) is 160 cm³/mol. The molecule has 1 aliphatic rings. The van der Waals surface area contributed by atoms with E-state index in [2.05, 4.69) is 62.2 Å². The molecule has 10 heteroatoms. The summed E-state index contributed by atoms with van der Waals surface area (Å²) in [5.41, 5.74) is -0.889. The first-order chi connectivity index (χ1) is 19.7. The third-order valence-corrected chi connectivity index (χ3v) is 8.88. The second kappa shape index (κ2) is 18.4. The van der Waals surface area contributed by atoms with E-state index in [-0.39, 0.29) is 37.6 Å². The van der Waals surface area contributed by atoms with Gasteiger partial charge in [0.05, 0.1) is 31.3 Å². The van der Waals surface area contributed by atoms with Gasteiger partial charge in [0.2, 0.25) is 0 Å². The molecule has 0 spiro atoms. The first kappa shape index (κ1) is 32.5. The Kier molecular flexibility index (Phi) is 15.0. The minimum Gasteiger partial charge on any atom is -0.352 e. The number of rotatable bonds is 17. The van der Waals surface area contributed by atoms with Crippen molar-refractivity contribution in [2.45, 2.75) is 143 Å². The Morgan fingerprint density at radius 2 is 1.82 bits per heavy atom. The summed E-state index contributed by atoms with van der Waals surface area (Å²) in [6.45, 7) is 10.6. The molecule has 0 aliphatic carbocycles. The maximum atomic E-state index is 12.7. The van der Waals surface area contributed by atoms with Crippen molar-refractivity contribution in [3.8, 4) is 17.9 Å². The molecule has 224 valence electrons. The van der Waals surface area contributed by atoms with Gasteiger partial charge in [-0.25, -0.2) is 9.46 Å². The summed E-state index contributed by atoms with van der Waals surface area (Å²) in [5, 5.41) is 8.98. The van der Waals surface area contributed by atoms with Crippen LogP contribution in [-0.2, 0) is 13.8 Å². The second-order valence-corrected chi connectivity index (χ2v) is 12.2. The zero-order valence-electron chi connectivity index (χ0n) is 26.0. The van der Waals surface area contributed by atoms with E-state index in [0.717, 1.165) is 12.8 Å². The van der Waals surface area contributed by atoms with Crippen molar-refractivity contribution in [1.29, 1.82) is 5.26 Å². The fraction of sp³-hybridized carbons (Fsp3) is 0.767. The van der Waals surface area contributed by atoms with Gasteiger partial charge in [-0.1, -0.05) is 63.7 Å². The van der Waals surface area contributed by atoms with Gasteiger partial charge in [0.1, 0.15) is 11.8 Å². The van der Waals surface area contributed by atoms with Gasteiger partial charge >= 0.3 is 5.69 Å². The van der Waals surface area contributed by atoms with Gasteiger partial charge in [0.25, 0.3) is 14.1 Å². The van der Waals surface area contributed by atoms with Gasteiger partial charge in [0.15, 0.2) is 0 Å². The van der Waals surface area contributed by atoms with Gasteiger partial charge in [0, 0.05) is 32.5 Å². The van der Waals surface area contributed by atoms with Crippen LogP contribution in [0.25, 0.3) is 0 Å². The van der Waals surface area contributed by atoms with Crippen LogP contribution in [-0.4, -0.2) is 45.1 Å². The smallest absolute Gasteiger partial charge is 0.330 e. The lowest BCUT2D eigenvalue weighted by Gasteiger charge is -2.37. The van der Waals surface area contributed by atoms with E-state index in [4.69, 9.17) is 20.4 Å². The van der Waals surface area contributed by atoms with Gasteiger partial charge in [-0.3, -0.25) is 14.3 Å². The van der Waals surface area contributed by atoms with Crippen molar-refractivity contribution >= 4 is 8.53 Å². The summed E-state index contributed by atoms with van der Waals surface area (Å²) >= 11 is 0. The van der Waals surface area contributed by atoms with Crippen molar-refractivity contribution in [2.75, 3.05) is 6.61 Å². The number of aromatic amines is 1. The molecule has 1 saturated heterocycles. The molecule has 0 aromatic carbocycles. The van der Waals surface area contributed by atoms with Crippen LogP contribution in [0.3, 0.4) is 0 Å². The zero-order valence-corrected chi connectivity index (χ0v) is 25.9. The Balaban J connectivity index is 2.09. The Morgan fingerprint density at radius 3 is 2.45 bits per heavy atom. The molecule has 1 N–H and O–H groups in total. The Hall–Kier alpha value is -2.00. The minimum absolute atomic E-state index is 0.0603. The van der Waals surface area contributed by atoms with Crippen LogP contribution in [0.1, 0.15) is 125 Å². The molecule has 0 bridgehead atoms. The number of hydrogen-bond donors (Lipinski definition) is 1. The quantitative estimate of drug-likeness (QED) is 0.130. The molecule has 1 fully saturated rings. The Morgan fingerprint density at radius 1 is 1.15 bits per heavy atom. The lowest BCUT2D eigenvalue weighted by molar-refractivity contribution is -0.00878. The third-order valence-electron chi connectivity index (χ3n) is 6.72. The summed E-state index contributed by atoms with van der Waals surface area (Å²) in [5.74, 6) is 6.01. The van der Waals surface area contributed by atoms with Crippen molar-refractivity contribution in [3.63, 3.8) is 0 Å². The third kappa shape index (κ3) is 11.1. The molecule has 0 amide bonds. The lowest BCUT2D eigenvalue weighted by Crippen LogP contribution is -2.35. The van der Waals surface area contributed by atoms with Gasteiger partial charge in [-0.15, -0.1) is 0 Å². The predicted octanol–water partition coefficient (Wildman–Crippen LogP) is 6.39. The molecule has 4 atom stereocenters. The molecule has 2 rings (SSSR count). The number of nitriles is 1. The maximum absolute atomic E-state index is 12.7. The summed E-state index contributed by atoms with van der Waals surface area (Å²) in [7, 11) is -1.53. The number of aromatic nitrogens is 2. The summed E-state index contributed by atoms with van der Waals surface area (Å²) in [6, 6.07) is 2.35. The highest BCUT2D eigenvalue weighted by Gasteiger charge is 2.39. The molecular weight excluding hydrogens is 527 g/mol. The molecule has 0 radical (unpaired) electrons. The number of H-pyrrole nitrogens is 1. The molecular formula is C30H49N4O5P. The van der Waals surface area contributed by atoms with Crippen LogP contribution in [0.4, 0.5) is 0 Å². The van der Waals surface area contributed by atoms with E-state index >= 15 is 0 Å². The van der Waals surface area contributed by atoms with Crippen molar-refractivity contribution in [2.24, 2.45) is 0 Å². The normalized spacial score (nSPS) is 20.0. The molecule has 40 heavy (non-hydrogen) atoms. The van der Waals surface area contributed by atoms with E-state index in [9.17, 15) is 9.59 Å². The fourth-order valence-electron chi connectivity index (χ4n) is 4.69. The summed E-state index contributed by atoms with van der Waals surface area (Å²) < 4.78 is 30.0.